The van der Waals surface area contributed by atoms with Crippen molar-refractivity contribution in [1.29, 1.82) is 0 Å². The third-order valence-electron chi connectivity index (χ3n) is 5.20. The van der Waals surface area contributed by atoms with Crippen LogP contribution in [0.15, 0.2) is 60.7 Å². The Balaban J connectivity index is 1.62. The minimum absolute atomic E-state index is 0.0501. The molecule has 2 aromatic rings. The first-order valence-electron chi connectivity index (χ1n) is 9.44. The maximum Gasteiger partial charge on any atom is 0.237 e. The fourth-order valence-corrected chi connectivity index (χ4v) is 3.56. The fourth-order valence-electron chi connectivity index (χ4n) is 3.56. The molecule has 4 nitrogen and oxygen atoms in total. The van der Waals surface area contributed by atoms with Crippen LogP contribution in [0.2, 0.25) is 0 Å². The second-order valence-electron chi connectivity index (χ2n) is 7.02. The lowest BCUT2D eigenvalue weighted by atomic mass is 9.90. The Morgan fingerprint density at radius 1 is 1.04 bits per heavy atom. The number of ether oxygens (including phenoxy) is 1. The maximum absolute atomic E-state index is 12.6. The number of nitrogens with one attached hydrogen (secondary N) is 1. The molecular weight excluding hydrogens is 324 g/mol. The van der Waals surface area contributed by atoms with E-state index in [2.05, 4.69) is 41.7 Å². The minimum atomic E-state index is -0.452. The SMILES string of the molecule is NC(C(=O)NCC(Cc1ccccc1)c1ccccc1)C1CCOCC1. The van der Waals surface area contributed by atoms with Crippen molar-refractivity contribution in [2.24, 2.45) is 11.7 Å². The summed E-state index contributed by atoms with van der Waals surface area (Å²) in [5, 5.41) is 3.09. The number of hydrogen-bond donors (Lipinski definition) is 2. The van der Waals surface area contributed by atoms with E-state index < -0.39 is 6.04 Å². The third-order valence-corrected chi connectivity index (χ3v) is 5.20. The zero-order chi connectivity index (χ0) is 18.2. The minimum Gasteiger partial charge on any atom is -0.381 e. The van der Waals surface area contributed by atoms with Crippen LogP contribution < -0.4 is 11.1 Å². The second-order valence-corrected chi connectivity index (χ2v) is 7.02. The average Bonchev–Trinajstić information content (AvgIpc) is 2.72. The molecule has 1 amide bonds. The van der Waals surface area contributed by atoms with Gasteiger partial charge in [0.2, 0.25) is 5.91 Å². The summed E-state index contributed by atoms with van der Waals surface area (Å²) in [4.78, 5) is 12.6. The molecule has 2 unspecified atom stereocenters. The zero-order valence-corrected chi connectivity index (χ0v) is 15.1. The normalized spacial score (nSPS) is 17.4. The highest BCUT2D eigenvalue weighted by atomic mass is 16.5. The van der Waals surface area contributed by atoms with Crippen LogP contribution in [0.3, 0.4) is 0 Å². The Labute approximate surface area is 155 Å². The molecule has 1 heterocycles. The maximum atomic E-state index is 12.6. The van der Waals surface area contributed by atoms with Gasteiger partial charge in [-0.2, -0.15) is 0 Å². The Hall–Kier alpha value is -2.17. The van der Waals surface area contributed by atoms with Gasteiger partial charge in [-0.25, -0.2) is 0 Å². The quantitative estimate of drug-likeness (QED) is 0.805. The van der Waals surface area contributed by atoms with Gasteiger partial charge in [-0.15, -0.1) is 0 Å². The summed E-state index contributed by atoms with van der Waals surface area (Å²) in [6, 6.07) is 20.3. The molecule has 26 heavy (non-hydrogen) atoms. The molecule has 1 fully saturated rings. The number of nitrogens with two attached hydrogens (primary N) is 1. The van der Waals surface area contributed by atoms with Crippen LogP contribution in [-0.4, -0.2) is 31.7 Å². The standard InChI is InChI=1S/C22H28N2O2/c23-21(19-11-13-26-14-12-19)22(25)24-16-20(18-9-5-2-6-10-18)15-17-7-3-1-4-8-17/h1-10,19-21H,11-16,23H2,(H,24,25). The van der Waals surface area contributed by atoms with E-state index in [1.807, 2.05) is 24.3 Å². The van der Waals surface area contributed by atoms with E-state index in [9.17, 15) is 4.79 Å². The van der Waals surface area contributed by atoms with Crippen molar-refractivity contribution in [3.63, 3.8) is 0 Å². The van der Waals surface area contributed by atoms with E-state index in [0.29, 0.717) is 19.8 Å². The first-order valence-corrected chi connectivity index (χ1v) is 9.44. The molecule has 1 aliphatic heterocycles. The van der Waals surface area contributed by atoms with Gasteiger partial charge in [-0.1, -0.05) is 60.7 Å². The van der Waals surface area contributed by atoms with Crippen LogP contribution in [-0.2, 0) is 16.0 Å². The summed E-state index contributed by atoms with van der Waals surface area (Å²) in [7, 11) is 0. The second kappa shape index (κ2) is 9.51. The fraction of sp³-hybridized carbons (Fsp3) is 0.409. The van der Waals surface area contributed by atoms with E-state index in [1.165, 1.54) is 11.1 Å². The van der Waals surface area contributed by atoms with Gasteiger partial charge in [0.15, 0.2) is 0 Å². The molecule has 4 heteroatoms. The number of carbonyl (C=O) groups excluding carboxylic acids is 1. The summed E-state index contributed by atoms with van der Waals surface area (Å²) in [6.45, 7) is 1.99. The number of carbonyl (C=O) groups is 1. The molecule has 138 valence electrons. The van der Waals surface area contributed by atoms with E-state index in [-0.39, 0.29) is 17.7 Å². The summed E-state index contributed by atoms with van der Waals surface area (Å²) < 4.78 is 5.36. The van der Waals surface area contributed by atoms with Gasteiger partial charge in [0.25, 0.3) is 0 Å². The van der Waals surface area contributed by atoms with Crippen LogP contribution >= 0.6 is 0 Å². The molecule has 2 aromatic carbocycles. The molecule has 3 rings (SSSR count). The summed E-state index contributed by atoms with van der Waals surface area (Å²) in [6.07, 6.45) is 2.61. The molecule has 1 aliphatic rings. The largest absolute Gasteiger partial charge is 0.381 e. The predicted molar refractivity (Wildman–Crippen MR) is 104 cm³/mol. The molecule has 2 atom stereocenters. The van der Waals surface area contributed by atoms with Gasteiger partial charge in [0, 0.05) is 25.7 Å². The van der Waals surface area contributed by atoms with Crippen LogP contribution in [0.25, 0.3) is 0 Å². The van der Waals surface area contributed by atoms with Gasteiger partial charge >= 0.3 is 0 Å². The third kappa shape index (κ3) is 5.16. The number of benzene rings is 2. The molecule has 0 saturated carbocycles. The number of amides is 1. The highest BCUT2D eigenvalue weighted by Gasteiger charge is 2.27. The lowest BCUT2D eigenvalue weighted by Crippen LogP contribution is -2.48. The van der Waals surface area contributed by atoms with Gasteiger partial charge in [-0.3, -0.25) is 4.79 Å². The predicted octanol–water partition coefficient (Wildman–Crippen LogP) is 2.88. The van der Waals surface area contributed by atoms with Crippen LogP contribution in [0.5, 0.6) is 0 Å². The molecular formula is C22H28N2O2. The van der Waals surface area contributed by atoms with Crippen molar-refractivity contribution in [3.05, 3.63) is 71.8 Å². The smallest absolute Gasteiger partial charge is 0.237 e. The monoisotopic (exact) mass is 352 g/mol. The average molecular weight is 352 g/mol. The van der Waals surface area contributed by atoms with E-state index in [0.717, 1.165) is 19.3 Å². The summed E-state index contributed by atoms with van der Waals surface area (Å²) in [5.41, 5.74) is 8.70. The van der Waals surface area contributed by atoms with Crippen molar-refractivity contribution in [2.75, 3.05) is 19.8 Å². The summed E-state index contributed by atoms with van der Waals surface area (Å²) >= 11 is 0. The Morgan fingerprint density at radius 2 is 1.65 bits per heavy atom. The lowest BCUT2D eigenvalue weighted by Gasteiger charge is -2.27. The molecule has 0 radical (unpaired) electrons. The molecule has 0 aromatic heterocycles. The topological polar surface area (TPSA) is 64.4 Å². The van der Waals surface area contributed by atoms with E-state index in [4.69, 9.17) is 10.5 Å². The van der Waals surface area contributed by atoms with Gasteiger partial charge in [0.05, 0.1) is 6.04 Å². The Kier molecular flexibility index (Phi) is 6.81. The summed E-state index contributed by atoms with van der Waals surface area (Å²) in [5.74, 6) is 0.392. The zero-order valence-electron chi connectivity index (χ0n) is 15.1. The first kappa shape index (κ1) is 18.6. The highest BCUT2D eigenvalue weighted by molar-refractivity contribution is 5.81. The first-order chi connectivity index (χ1) is 12.7. The van der Waals surface area contributed by atoms with Gasteiger partial charge < -0.3 is 15.8 Å². The molecule has 1 saturated heterocycles. The highest BCUT2D eigenvalue weighted by Crippen LogP contribution is 2.21. The van der Waals surface area contributed by atoms with Gasteiger partial charge in [-0.05, 0) is 36.3 Å². The number of rotatable bonds is 7. The van der Waals surface area contributed by atoms with Gasteiger partial charge in [0.1, 0.15) is 0 Å². The van der Waals surface area contributed by atoms with Crippen LogP contribution in [0, 0.1) is 5.92 Å². The van der Waals surface area contributed by atoms with Crippen molar-refractivity contribution in [3.8, 4) is 0 Å². The molecule has 0 aliphatic carbocycles. The van der Waals surface area contributed by atoms with Crippen LogP contribution in [0.1, 0.15) is 29.9 Å². The molecule has 0 spiro atoms. The number of hydrogen-bond acceptors (Lipinski definition) is 3. The van der Waals surface area contributed by atoms with E-state index >= 15 is 0 Å². The molecule has 3 N–H and O–H groups in total. The van der Waals surface area contributed by atoms with Crippen molar-refractivity contribution in [2.45, 2.75) is 31.2 Å². The molecule has 0 bridgehead atoms. The van der Waals surface area contributed by atoms with Crippen molar-refractivity contribution in [1.82, 2.24) is 5.32 Å². The van der Waals surface area contributed by atoms with Crippen molar-refractivity contribution >= 4 is 5.91 Å². The van der Waals surface area contributed by atoms with E-state index in [1.54, 1.807) is 0 Å². The van der Waals surface area contributed by atoms with Crippen molar-refractivity contribution < 1.29 is 9.53 Å². The Morgan fingerprint density at radius 3 is 2.31 bits per heavy atom. The Bertz CT molecular complexity index is 669. The van der Waals surface area contributed by atoms with Crippen LogP contribution in [0.4, 0.5) is 0 Å². The lowest BCUT2D eigenvalue weighted by molar-refractivity contribution is -0.124.